The molecule has 0 radical (unpaired) electrons. The van der Waals surface area contributed by atoms with Crippen molar-refractivity contribution in [3.05, 3.63) is 64.7 Å². The molecule has 0 unspecified atom stereocenters. The number of rotatable bonds is 3. The molecular weight excluding hydrogens is 290 g/mol. The Morgan fingerprint density at radius 2 is 2.00 bits per heavy atom. The smallest absolute Gasteiger partial charge is 0.224 e. The summed E-state index contributed by atoms with van der Waals surface area (Å²) < 4.78 is 0. The maximum Gasteiger partial charge on any atom is 0.224 e. The molecule has 0 saturated heterocycles. The molecule has 1 aliphatic rings. The molecule has 0 aliphatic carbocycles. The third-order valence-electron chi connectivity index (χ3n) is 4.23. The number of aryl methyl sites for hydroxylation is 2. The average Bonchev–Trinajstić information content (AvgIpc) is 2.51. The number of thioether (sulfide) groups is 1. The summed E-state index contributed by atoms with van der Waals surface area (Å²) in [7, 11) is 0. The van der Waals surface area contributed by atoms with Gasteiger partial charge in [-0.2, -0.15) is 0 Å². The third kappa shape index (κ3) is 3.36. The molecule has 0 aromatic heterocycles. The molecule has 2 aromatic rings. The molecule has 0 bridgehead atoms. The Kier molecular flexibility index (Phi) is 4.53. The van der Waals surface area contributed by atoms with Crippen LogP contribution < -0.4 is 5.32 Å². The minimum atomic E-state index is 0.106. The van der Waals surface area contributed by atoms with Gasteiger partial charge in [-0.25, -0.2) is 0 Å². The van der Waals surface area contributed by atoms with Crippen LogP contribution in [-0.2, 0) is 11.2 Å². The number of benzene rings is 2. The zero-order valence-corrected chi connectivity index (χ0v) is 13.9. The SMILES string of the molecule is Cc1ccc(CC(=O)N[C@H]2CCSc3ccccc32)cc1C. The number of nitrogens with one attached hydrogen (secondary N) is 1. The number of hydrogen-bond donors (Lipinski definition) is 1. The standard InChI is InChI=1S/C19H21NOS/c1-13-7-8-15(11-14(13)2)12-19(21)20-17-9-10-22-18-6-4-3-5-16(17)18/h3-8,11,17H,9-10,12H2,1-2H3,(H,20,21)/t17-/m0/s1. The van der Waals surface area contributed by atoms with Gasteiger partial charge >= 0.3 is 0 Å². The van der Waals surface area contributed by atoms with E-state index >= 15 is 0 Å². The number of hydrogen-bond acceptors (Lipinski definition) is 2. The van der Waals surface area contributed by atoms with E-state index in [0.717, 1.165) is 17.7 Å². The van der Waals surface area contributed by atoms with E-state index in [0.29, 0.717) is 6.42 Å². The maximum atomic E-state index is 12.4. The van der Waals surface area contributed by atoms with Crippen molar-refractivity contribution in [2.75, 3.05) is 5.75 Å². The fourth-order valence-corrected chi connectivity index (χ4v) is 3.96. The fraction of sp³-hybridized carbons (Fsp3) is 0.316. The van der Waals surface area contributed by atoms with Crippen molar-refractivity contribution < 1.29 is 4.79 Å². The van der Waals surface area contributed by atoms with Crippen molar-refractivity contribution in [3.8, 4) is 0 Å². The first kappa shape index (κ1) is 15.2. The zero-order chi connectivity index (χ0) is 15.5. The molecule has 0 fully saturated rings. The van der Waals surface area contributed by atoms with Crippen molar-refractivity contribution in [3.63, 3.8) is 0 Å². The van der Waals surface area contributed by atoms with Crippen LogP contribution >= 0.6 is 11.8 Å². The minimum absolute atomic E-state index is 0.106. The van der Waals surface area contributed by atoms with Gasteiger partial charge in [-0.1, -0.05) is 36.4 Å². The Hall–Kier alpha value is -1.74. The number of carbonyl (C=O) groups is 1. The van der Waals surface area contributed by atoms with Crippen LogP contribution in [0.25, 0.3) is 0 Å². The second kappa shape index (κ2) is 6.57. The normalized spacial score (nSPS) is 16.9. The van der Waals surface area contributed by atoms with Crippen molar-refractivity contribution in [1.82, 2.24) is 5.32 Å². The van der Waals surface area contributed by atoms with Crippen molar-refractivity contribution >= 4 is 17.7 Å². The second-order valence-corrected chi connectivity index (χ2v) is 7.03. The van der Waals surface area contributed by atoms with E-state index in [1.165, 1.54) is 21.6 Å². The first-order chi connectivity index (χ1) is 10.6. The highest BCUT2D eigenvalue weighted by Crippen LogP contribution is 2.35. The number of carbonyl (C=O) groups excluding carboxylic acids is 1. The van der Waals surface area contributed by atoms with Crippen LogP contribution in [0.5, 0.6) is 0 Å². The molecule has 22 heavy (non-hydrogen) atoms. The third-order valence-corrected chi connectivity index (χ3v) is 5.35. The molecule has 3 rings (SSSR count). The lowest BCUT2D eigenvalue weighted by molar-refractivity contribution is -0.121. The summed E-state index contributed by atoms with van der Waals surface area (Å²) in [6.45, 7) is 4.18. The molecule has 1 heterocycles. The predicted octanol–water partition coefficient (Wildman–Crippen LogP) is 4.20. The van der Waals surface area contributed by atoms with Gasteiger partial charge in [-0.15, -0.1) is 11.8 Å². The van der Waals surface area contributed by atoms with Gasteiger partial charge in [0.15, 0.2) is 0 Å². The van der Waals surface area contributed by atoms with Crippen molar-refractivity contribution in [2.24, 2.45) is 0 Å². The van der Waals surface area contributed by atoms with Crippen LogP contribution in [0.15, 0.2) is 47.4 Å². The van der Waals surface area contributed by atoms with E-state index in [2.05, 4.69) is 49.5 Å². The van der Waals surface area contributed by atoms with Crippen LogP contribution in [0.2, 0.25) is 0 Å². The van der Waals surface area contributed by atoms with E-state index in [1.807, 2.05) is 23.9 Å². The topological polar surface area (TPSA) is 29.1 Å². The molecule has 0 saturated carbocycles. The van der Waals surface area contributed by atoms with Gasteiger partial charge in [0.05, 0.1) is 12.5 Å². The molecule has 2 aromatic carbocycles. The van der Waals surface area contributed by atoms with Crippen LogP contribution in [0, 0.1) is 13.8 Å². The molecule has 3 heteroatoms. The van der Waals surface area contributed by atoms with Gasteiger partial charge in [0.25, 0.3) is 0 Å². The van der Waals surface area contributed by atoms with Gasteiger partial charge < -0.3 is 5.32 Å². The van der Waals surface area contributed by atoms with Crippen LogP contribution in [0.1, 0.15) is 34.7 Å². The summed E-state index contributed by atoms with van der Waals surface area (Å²) in [5.74, 6) is 1.17. The second-order valence-electron chi connectivity index (χ2n) is 5.89. The summed E-state index contributed by atoms with van der Waals surface area (Å²) in [6, 6.07) is 14.8. The Morgan fingerprint density at radius 3 is 2.82 bits per heavy atom. The van der Waals surface area contributed by atoms with Gasteiger partial charge in [0, 0.05) is 10.6 Å². The van der Waals surface area contributed by atoms with Crippen LogP contribution in [0.4, 0.5) is 0 Å². The van der Waals surface area contributed by atoms with Gasteiger partial charge in [-0.05, 0) is 48.6 Å². The number of fused-ring (bicyclic) bond motifs is 1. The van der Waals surface area contributed by atoms with Crippen molar-refractivity contribution in [1.29, 1.82) is 0 Å². The quantitative estimate of drug-likeness (QED) is 0.920. The highest BCUT2D eigenvalue weighted by molar-refractivity contribution is 7.99. The molecule has 1 atom stereocenters. The average molecular weight is 311 g/mol. The highest BCUT2D eigenvalue weighted by Gasteiger charge is 2.21. The summed E-state index contributed by atoms with van der Waals surface area (Å²) >= 11 is 1.88. The lowest BCUT2D eigenvalue weighted by Crippen LogP contribution is -2.31. The molecule has 2 nitrogen and oxygen atoms in total. The molecule has 1 amide bonds. The molecule has 114 valence electrons. The Bertz CT molecular complexity index is 696. The van der Waals surface area contributed by atoms with E-state index in [9.17, 15) is 4.79 Å². The Morgan fingerprint density at radius 1 is 1.18 bits per heavy atom. The minimum Gasteiger partial charge on any atom is -0.349 e. The van der Waals surface area contributed by atoms with Crippen LogP contribution in [-0.4, -0.2) is 11.7 Å². The monoisotopic (exact) mass is 311 g/mol. The Balaban J connectivity index is 1.69. The molecule has 0 spiro atoms. The van der Waals surface area contributed by atoms with Gasteiger partial charge in [-0.3, -0.25) is 4.79 Å². The maximum absolute atomic E-state index is 12.4. The highest BCUT2D eigenvalue weighted by atomic mass is 32.2. The number of amides is 1. The Labute approximate surface area is 136 Å². The lowest BCUT2D eigenvalue weighted by atomic mass is 10.0. The molecular formula is C19H21NOS. The molecule has 1 aliphatic heterocycles. The lowest BCUT2D eigenvalue weighted by Gasteiger charge is -2.26. The van der Waals surface area contributed by atoms with E-state index in [-0.39, 0.29) is 11.9 Å². The molecule has 1 N–H and O–H groups in total. The van der Waals surface area contributed by atoms with E-state index < -0.39 is 0 Å². The summed E-state index contributed by atoms with van der Waals surface area (Å²) in [6.07, 6.45) is 1.45. The van der Waals surface area contributed by atoms with Crippen molar-refractivity contribution in [2.45, 2.75) is 37.6 Å². The summed E-state index contributed by atoms with van der Waals surface area (Å²) in [5.41, 5.74) is 4.85. The predicted molar refractivity (Wildman–Crippen MR) is 92.3 cm³/mol. The van der Waals surface area contributed by atoms with Gasteiger partial charge in [0.2, 0.25) is 5.91 Å². The zero-order valence-electron chi connectivity index (χ0n) is 13.1. The van der Waals surface area contributed by atoms with E-state index in [1.54, 1.807) is 0 Å². The van der Waals surface area contributed by atoms with Gasteiger partial charge in [0.1, 0.15) is 0 Å². The first-order valence-electron chi connectivity index (χ1n) is 7.71. The fourth-order valence-electron chi connectivity index (χ4n) is 2.84. The summed E-state index contributed by atoms with van der Waals surface area (Å²) in [4.78, 5) is 13.7. The first-order valence-corrected chi connectivity index (χ1v) is 8.69. The van der Waals surface area contributed by atoms with E-state index in [4.69, 9.17) is 0 Å². The summed E-state index contributed by atoms with van der Waals surface area (Å²) in [5, 5.41) is 3.21. The largest absolute Gasteiger partial charge is 0.349 e. The van der Waals surface area contributed by atoms with Crippen LogP contribution in [0.3, 0.4) is 0 Å².